The quantitative estimate of drug-likeness (QED) is 0.632. The molecule has 3 aromatic heterocycles. The predicted octanol–water partition coefficient (Wildman–Crippen LogP) is 5.02. The Morgan fingerprint density at radius 2 is 1.93 bits per heavy atom. The number of H-pyrrole nitrogens is 1. The molecular weight excluding hydrogens is 409 g/mol. The van der Waals surface area contributed by atoms with Gasteiger partial charge in [-0.05, 0) is 27.7 Å². The van der Waals surface area contributed by atoms with Crippen molar-refractivity contribution in [2.75, 3.05) is 0 Å². The highest BCUT2D eigenvalue weighted by Crippen LogP contribution is 2.45. The fraction of sp³-hybridized carbons (Fsp3) is 0.421. The van der Waals surface area contributed by atoms with Crippen LogP contribution in [0.3, 0.4) is 0 Å². The zero-order chi connectivity index (χ0) is 21.7. The number of rotatable bonds is 4. The second-order valence-electron chi connectivity index (χ2n) is 7.24. The van der Waals surface area contributed by atoms with Crippen molar-refractivity contribution in [3.05, 3.63) is 44.8 Å². The number of alkyl halides is 3. The molecule has 0 aliphatic rings. The van der Waals surface area contributed by atoms with Gasteiger partial charge in [0.1, 0.15) is 11.1 Å². The molecule has 0 aliphatic heterocycles. The molecule has 3 aromatic rings. The third kappa shape index (κ3) is 3.48. The Bertz CT molecular complexity index is 1130. The number of aromatic nitrogens is 4. The van der Waals surface area contributed by atoms with E-state index in [1.165, 1.54) is 16.9 Å². The maximum Gasteiger partial charge on any atom is 0.399 e. The third-order valence-corrected chi connectivity index (χ3v) is 5.19. The van der Waals surface area contributed by atoms with E-state index in [0.29, 0.717) is 22.9 Å². The van der Waals surface area contributed by atoms with Crippen LogP contribution < -0.4 is 5.43 Å². The van der Waals surface area contributed by atoms with Gasteiger partial charge < -0.3 is 9.40 Å². The van der Waals surface area contributed by atoms with Gasteiger partial charge in [-0.1, -0.05) is 11.6 Å². The largest absolute Gasteiger partial charge is 0.441 e. The average Bonchev–Trinajstić information content (AvgIpc) is 3.16. The Morgan fingerprint density at radius 3 is 2.41 bits per heavy atom. The number of hydrogen-bond donors (Lipinski definition) is 1. The molecule has 10 heteroatoms. The highest BCUT2D eigenvalue weighted by molar-refractivity contribution is 6.33. The number of nitrogens with one attached hydrogen (secondary N) is 1. The first-order valence-corrected chi connectivity index (χ1v) is 9.26. The molecule has 3 heterocycles. The van der Waals surface area contributed by atoms with Crippen molar-refractivity contribution in [1.82, 2.24) is 19.7 Å². The van der Waals surface area contributed by atoms with Crippen LogP contribution in [0.2, 0.25) is 5.02 Å². The van der Waals surface area contributed by atoms with Crippen LogP contribution in [0.25, 0.3) is 22.7 Å². The molecule has 29 heavy (non-hydrogen) atoms. The molecule has 0 bridgehead atoms. The molecule has 0 unspecified atom stereocenters. The molecule has 0 radical (unpaired) electrons. The molecule has 0 saturated carbocycles. The molecule has 0 saturated heterocycles. The van der Waals surface area contributed by atoms with Gasteiger partial charge in [-0.25, -0.2) is 4.98 Å². The maximum absolute atomic E-state index is 13.5. The van der Waals surface area contributed by atoms with Crippen molar-refractivity contribution in [2.45, 2.75) is 52.8 Å². The number of halogens is 4. The van der Waals surface area contributed by atoms with Gasteiger partial charge in [-0.15, -0.1) is 0 Å². The molecule has 0 aromatic carbocycles. The summed E-state index contributed by atoms with van der Waals surface area (Å²) in [5.41, 5.74) is -1.66. The van der Waals surface area contributed by atoms with E-state index < -0.39 is 11.6 Å². The summed E-state index contributed by atoms with van der Waals surface area (Å²) in [6, 6.07) is 1.28. The van der Waals surface area contributed by atoms with Gasteiger partial charge in [0.05, 0.1) is 28.2 Å². The molecule has 0 spiro atoms. The van der Waals surface area contributed by atoms with E-state index in [4.69, 9.17) is 16.0 Å². The molecule has 3 rings (SSSR count). The first-order chi connectivity index (χ1) is 13.4. The lowest BCUT2D eigenvalue weighted by atomic mass is 9.88. The lowest BCUT2D eigenvalue weighted by Gasteiger charge is -2.26. The first kappa shape index (κ1) is 21.2. The van der Waals surface area contributed by atoms with Crippen LogP contribution in [-0.2, 0) is 12.0 Å². The number of aromatic amines is 1. The number of hydrogen-bond acceptors (Lipinski definition) is 4. The Labute approximate surface area is 169 Å². The van der Waals surface area contributed by atoms with E-state index in [9.17, 15) is 18.0 Å². The van der Waals surface area contributed by atoms with Crippen molar-refractivity contribution in [2.24, 2.45) is 0 Å². The molecule has 1 N–H and O–H groups in total. The number of aryl methyl sites for hydroxylation is 3. The minimum Gasteiger partial charge on any atom is -0.441 e. The van der Waals surface area contributed by atoms with Gasteiger partial charge in [0, 0.05) is 25.2 Å². The normalized spacial score (nSPS) is 12.6. The minimum atomic E-state index is -4.54. The van der Waals surface area contributed by atoms with Crippen LogP contribution in [0.1, 0.15) is 38.0 Å². The topological polar surface area (TPSA) is 76.7 Å². The zero-order valence-corrected chi connectivity index (χ0v) is 17.3. The number of nitrogens with zero attached hydrogens (tertiary/aromatic N) is 3. The molecule has 0 aliphatic carbocycles. The minimum absolute atomic E-state index is 0.146. The molecule has 0 atom stereocenters. The van der Waals surface area contributed by atoms with Crippen molar-refractivity contribution in [3.8, 4) is 22.7 Å². The summed E-state index contributed by atoms with van der Waals surface area (Å²) in [6.07, 6.45) is -3.10. The Kier molecular flexibility index (Phi) is 5.15. The van der Waals surface area contributed by atoms with Gasteiger partial charge in [-0.3, -0.25) is 9.48 Å². The van der Waals surface area contributed by atoms with Crippen molar-refractivity contribution < 1.29 is 17.6 Å². The monoisotopic (exact) mass is 428 g/mol. The van der Waals surface area contributed by atoms with Gasteiger partial charge in [-0.2, -0.15) is 18.3 Å². The number of oxazole rings is 1. The summed E-state index contributed by atoms with van der Waals surface area (Å²) in [5, 5.41) is 3.95. The van der Waals surface area contributed by atoms with Gasteiger partial charge in [0.15, 0.2) is 17.1 Å². The first-order valence-electron chi connectivity index (χ1n) is 8.89. The molecule has 0 fully saturated rings. The Balaban J connectivity index is 2.21. The van der Waals surface area contributed by atoms with E-state index in [1.807, 2.05) is 0 Å². The van der Waals surface area contributed by atoms with Crippen LogP contribution in [0.4, 0.5) is 13.2 Å². The second kappa shape index (κ2) is 7.05. The summed E-state index contributed by atoms with van der Waals surface area (Å²) in [5.74, 6) is 0.718. The van der Waals surface area contributed by atoms with Crippen LogP contribution in [0.5, 0.6) is 0 Å². The SMILES string of the molecule is CCn1nc(C(C)(C)C(F)(F)F)c(Cl)c1-c1cc(=O)c(-c2cnc(C)o2)c(C)[nH]1. The van der Waals surface area contributed by atoms with Crippen LogP contribution in [0.15, 0.2) is 21.5 Å². The smallest absolute Gasteiger partial charge is 0.399 e. The summed E-state index contributed by atoms with van der Waals surface area (Å²) >= 11 is 6.36. The van der Waals surface area contributed by atoms with Crippen molar-refractivity contribution in [1.29, 1.82) is 0 Å². The summed E-state index contributed by atoms with van der Waals surface area (Å²) in [6.45, 7) is 7.37. The predicted molar refractivity (Wildman–Crippen MR) is 103 cm³/mol. The highest BCUT2D eigenvalue weighted by Gasteiger charge is 2.52. The Hall–Kier alpha value is -2.55. The van der Waals surface area contributed by atoms with Crippen LogP contribution in [0, 0.1) is 13.8 Å². The van der Waals surface area contributed by atoms with Crippen LogP contribution >= 0.6 is 11.6 Å². The second-order valence-corrected chi connectivity index (χ2v) is 7.62. The third-order valence-electron chi connectivity index (χ3n) is 4.84. The summed E-state index contributed by atoms with van der Waals surface area (Å²) < 4.78 is 47.4. The van der Waals surface area contributed by atoms with Crippen molar-refractivity contribution >= 4 is 11.6 Å². The van der Waals surface area contributed by atoms with E-state index in [1.54, 1.807) is 20.8 Å². The van der Waals surface area contributed by atoms with E-state index in [2.05, 4.69) is 15.1 Å². The molecular formula is C19H20ClF3N4O2. The standard InChI is InChI=1S/C19H20ClF3N4O2/c1-6-27-16(15(20)17(26-27)18(4,5)19(21,22)23)11-7-12(28)14(9(2)25-11)13-8-24-10(3)29-13/h7-8H,6H2,1-5H3,(H,25,28). The number of pyridine rings is 1. The van der Waals surface area contributed by atoms with E-state index in [0.717, 1.165) is 13.8 Å². The fourth-order valence-electron chi connectivity index (χ4n) is 3.06. The van der Waals surface area contributed by atoms with Crippen LogP contribution in [-0.4, -0.2) is 25.9 Å². The van der Waals surface area contributed by atoms with E-state index in [-0.39, 0.29) is 34.1 Å². The fourth-order valence-corrected chi connectivity index (χ4v) is 3.53. The maximum atomic E-state index is 13.5. The molecule has 0 amide bonds. The molecule has 156 valence electrons. The lowest BCUT2D eigenvalue weighted by Crippen LogP contribution is -2.37. The van der Waals surface area contributed by atoms with Gasteiger partial charge in [0.2, 0.25) is 0 Å². The van der Waals surface area contributed by atoms with Gasteiger partial charge in [0.25, 0.3) is 0 Å². The summed E-state index contributed by atoms with van der Waals surface area (Å²) in [4.78, 5) is 19.8. The van der Waals surface area contributed by atoms with Gasteiger partial charge >= 0.3 is 6.18 Å². The Morgan fingerprint density at radius 1 is 1.28 bits per heavy atom. The zero-order valence-electron chi connectivity index (χ0n) is 16.5. The average molecular weight is 429 g/mol. The van der Waals surface area contributed by atoms with Crippen molar-refractivity contribution in [3.63, 3.8) is 0 Å². The summed E-state index contributed by atoms with van der Waals surface area (Å²) in [7, 11) is 0. The molecule has 6 nitrogen and oxygen atoms in total. The lowest BCUT2D eigenvalue weighted by molar-refractivity contribution is -0.181. The van der Waals surface area contributed by atoms with E-state index >= 15 is 0 Å². The highest BCUT2D eigenvalue weighted by atomic mass is 35.5.